The lowest BCUT2D eigenvalue weighted by molar-refractivity contribution is 0.0704. The van der Waals surface area contributed by atoms with Crippen LogP contribution in [0.25, 0.3) is 10.9 Å². The van der Waals surface area contributed by atoms with E-state index in [2.05, 4.69) is 17.2 Å². The predicted molar refractivity (Wildman–Crippen MR) is 76.4 cm³/mol. The summed E-state index contributed by atoms with van der Waals surface area (Å²) in [5.41, 5.74) is 2.04. The molecule has 1 aromatic carbocycles. The Hall–Kier alpha value is -1.88. The Morgan fingerprint density at radius 1 is 1.40 bits per heavy atom. The van der Waals surface area contributed by atoms with Crippen molar-refractivity contribution in [2.45, 2.75) is 19.9 Å². The van der Waals surface area contributed by atoms with E-state index in [9.17, 15) is 9.18 Å². The highest BCUT2D eigenvalue weighted by molar-refractivity contribution is 5.98. The Labute approximate surface area is 117 Å². The molecule has 0 aliphatic carbocycles. The van der Waals surface area contributed by atoms with Gasteiger partial charge in [-0.05, 0) is 37.6 Å². The molecule has 3 rings (SSSR count). The van der Waals surface area contributed by atoms with Crippen molar-refractivity contribution in [1.29, 1.82) is 0 Å². The zero-order chi connectivity index (χ0) is 14.3. The van der Waals surface area contributed by atoms with Crippen molar-refractivity contribution in [3.63, 3.8) is 0 Å². The Morgan fingerprint density at radius 2 is 2.20 bits per heavy atom. The highest BCUT2D eigenvalue weighted by atomic mass is 19.1. The van der Waals surface area contributed by atoms with Gasteiger partial charge in [0, 0.05) is 36.6 Å². The first-order valence-corrected chi connectivity index (χ1v) is 6.86. The maximum Gasteiger partial charge on any atom is 0.270 e. The number of rotatable bonds is 1. The number of benzene rings is 1. The first-order valence-electron chi connectivity index (χ1n) is 6.86. The highest BCUT2D eigenvalue weighted by Crippen LogP contribution is 2.22. The summed E-state index contributed by atoms with van der Waals surface area (Å²) in [6.45, 7) is 6.11. The second kappa shape index (κ2) is 4.90. The third-order valence-electron chi connectivity index (χ3n) is 3.80. The number of fused-ring (bicyclic) bond motifs is 1. The molecule has 5 heteroatoms. The summed E-state index contributed by atoms with van der Waals surface area (Å²) in [7, 11) is 0. The summed E-state index contributed by atoms with van der Waals surface area (Å²) in [5, 5.41) is 4.21. The van der Waals surface area contributed by atoms with Gasteiger partial charge in [0.2, 0.25) is 0 Å². The van der Waals surface area contributed by atoms with Crippen LogP contribution in [0.2, 0.25) is 0 Å². The van der Waals surface area contributed by atoms with Crippen LogP contribution in [0.1, 0.15) is 23.0 Å². The number of amides is 1. The van der Waals surface area contributed by atoms with Crippen molar-refractivity contribution in [2.24, 2.45) is 0 Å². The number of aryl methyl sites for hydroxylation is 1. The molecule has 0 bridgehead atoms. The fraction of sp³-hybridized carbons (Fsp3) is 0.400. The monoisotopic (exact) mass is 275 g/mol. The molecule has 4 nitrogen and oxygen atoms in total. The number of H-pyrrole nitrogens is 1. The molecule has 1 aliphatic rings. The molecule has 106 valence electrons. The second-order valence-corrected chi connectivity index (χ2v) is 5.47. The number of piperazine rings is 1. The van der Waals surface area contributed by atoms with Crippen LogP contribution in [0.3, 0.4) is 0 Å². The third kappa shape index (κ3) is 2.29. The molecule has 1 saturated heterocycles. The van der Waals surface area contributed by atoms with Crippen LogP contribution in [0.15, 0.2) is 18.2 Å². The quantitative estimate of drug-likeness (QED) is 0.837. The standard InChI is InChI=1S/C15H18FN3O/c1-9-5-11(16)6-13-12(9)7-14(18-13)15(20)19-4-3-17-10(2)8-19/h5-7,10,17-18H,3-4,8H2,1-2H3/t10-/m1/s1. The maximum absolute atomic E-state index is 13.4. The van der Waals surface area contributed by atoms with Gasteiger partial charge in [0.1, 0.15) is 11.5 Å². The number of halogens is 1. The molecule has 0 radical (unpaired) electrons. The first kappa shape index (κ1) is 13.1. The van der Waals surface area contributed by atoms with Crippen LogP contribution < -0.4 is 5.32 Å². The SMILES string of the molecule is Cc1cc(F)cc2[nH]c(C(=O)N3CCN[C@H](C)C3)cc12. The molecule has 2 aromatic rings. The summed E-state index contributed by atoms with van der Waals surface area (Å²) in [6.07, 6.45) is 0. The molecule has 20 heavy (non-hydrogen) atoms. The molecule has 2 heterocycles. The van der Waals surface area contributed by atoms with Crippen molar-refractivity contribution in [3.8, 4) is 0 Å². The summed E-state index contributed by atoms with van der Waals surface area (Å²) >= 11 is 0. The van der Waals surface area contributed by atoms with Gasteiger partial charge >= 0.3 is 0 Å². The average Bonchev–Trinajstić information content (AvgIpc) is 2.82. The van der Waals surface area contributed by atoms with Crippen LogP contribution in [-0.4, -0.2) is 41.5 Å². The smallest absolute Gasteiger partial charge is 0.270 e. The minimum absolute atomic E-state index is 0.0191. The summed E-state index contributed by atoms with van der Waals surface area (Å²) in [4.78, 5) is 17.4. The Balaban J connectivity index is 1.93. The lowest BCUT2D eigenvalue weighted by Crippen LogP contribution is -2.51. The molecule has 1 atom stereocenters. The van der Waals surface area contributed by atoms with E-state index in [4.69, 9.17) is 0 Å². The molecule has 0 spiro atoms. The van der Waals surface area contributed by atoms with Gasteiger partial charge in [-0.15, -0.1) is 0 Å². The maximum atomic E-state index is 13.4. The molecule has 0 unspecified atom stereocenters. The van der Waals surface area contributed by atoms with E-state index < -0.39 is 0 Å². The van der Waals surface area contributed by atoms with E-state index in [1.807, 2.05) is 17.9 Å². The number of carbonyl (C=O) groups is 1. The predicted octanol–water partition coefficient (Wildman–Crippen LogP) is 2.05. The molecular weight excluding hydrogens is 257 g/mol. The first-order chi connectivity index (χ1) is 9.54. The summed E-state index contributed by atoms with van der Waals surface area (Å²) in [5.74, 6) is -0.305. The van der Waals surface area contributed by atoms with Gasteiger partial charge < -0.3 is 15.2 Å². The molecule has 1 aromatic heterocycles. The summed E-state index contributed by atoms with van der Waals surface area (Å²) < 4.78 is 13.4. The van der Waals surface area contributed by atoms with Crippen molar-refractivity contribution in [2.75, 3.05) is 19.6 Å². The normalized spacial score (nSPS) is 19.6. The van der Waals surface area contributed by atoms with E-state index in [0.717, 1.165) is 17.5 Å². The molecule has 1 aliphatic heterocycles. The van der Waals surface area contributed by atoms with Gasteiger partial charge in [0.25, 0.3) is 5.91 Å². The van der Waals surface area contributed by atoms with E-state index in [1.165, 1.54) is 12.1 Å². The number of carbonyl (C=O) groups excluding carboxylic acids is 1. The molecule has 0 saturated carbocycles. The minimum atomic E-state index is -0.286. The van der Waals surface area contributed by atoms with Crippen LogP contribution in [0.5, 0.6) is 0 Å². The number of aromatic amines is 1. The van der Waals surface area contributed by atoms with E-state index in [0.29, 0.717) is 30.3 Å². The zero-order valence-electron chi connectivity index (χ0n) is 11.7. The van der Waals surface area contributed by atoms with Crippen LogP contribution in [0, 0.1) is 12.7 Å². The Morgan fingerprint density at radius 3 is 2.95 bits per heavy atom. The summed E-state index contributed by atoms with van der Waals surface area (Å²) in [6, 6.07) is 5.03. The van der Waals surface area contributed by atoms with E-state index in [1.54, 1.807) is 0 Å². The number of hydrogen-bond donors (Lipinski definition) is 2. The van der Waals surface area contributed by atoms with Gasteiger partial charge in [-0.25, -0.2) is 4.39 Å². The van der Waals surface area contributed by atoms with Crippen LogP contribution in [0.4, 0.5) is 4.39 Å². The van der Waals surface area contributed by atoms with Crippen molar-refractivity contribution in [3.05, 3.63) is 35.3 Å². The lowest BCUT2D eigenvalue weighted by atomic mass is 10.1. The van der Waals surface area contributed by atoms with Crippen LogP contribution in [-0.2, 0) is 0 Å². The number of hydrogen-bond acceptors (Lipinski definition) is 2. The minimum Gasteiger partial charge on any atom is -0.350 e. The largest absolute Gasteiger partial charge is 0.350 e. The highest BCUT2D eigenvalue weighted by Gasteiger charge is 2.23. The van der Waals surface area contributed by atoms with E-state index in [-0.39, 0.29) is 11.7 Å². The van der Waals surface area contributed by atoms with Gasteiger partial charge in [0.05, 0.1) is 0 Å². The van der Waals surface area contributed by atoms with Crippen molar-refractivity contribution >= 4 is 16.8 Å². The fourth-order valence-corrected chi connectivity index (χ4v) is 2.78. The molecule has 1 fully saturated rings. The number of aromatic nitrogens is 1. The van der Waals surface area contributed by atoms with Gasteiger partial charge in [0.15, 0.2) is 0 Å². The topological polar surface area (TPSA) is 48.1 Å². The lowest BCUT2D eigenvalue weighted by Gasteiger charge is -2.31. The van der Waals surface area contributed by atoms with Crippen molar-refractivity contribution < 1.29 is 9.18 Å². The second-order valence-electron chi connectivity index (χ2n) is 5.47. The molecule has 2 N–H and O–H groups in total. The van der Waals surface area contributed by atoms with E-state index >= 15 is 0 Å². The zero-order valence-corrected chi connectivity index (χ0v) is 11.7. The molecular formula is C15H18FN3O. The van der Waals surface area contributed by atoms with Crippen molar-refractivity contribution in [1.82, 2.24) is 15.2 Å². The average molecular weight is 275 g/mol. The fourth-order valence-electron chi connectivity index (χ4n) is 2.78. The third-order valence-corrected chi connectivity index (χ3v) is 3.80. The van der Waals surface area contributed by atoms with Gasteiger partial charge in [-0.1, -0.05) is 0 Å². The van der Waals surface area contributed by atoms with Gasteiger partial charge in [-0.2, -0.15) is 0 Å². The molecule has 1 amide bonds. The Bertz CT molecular complexity index is 664. The number of nitrogens with zero attached hydrogens (tertiary/aromatic N) is 1. The number of nitrogens with one attached hydrogen (secondary N) is 2. The van der Waals surface area contributed by atoms with Gasteiger partial charge in [-0.3, -0.25) is 4.79 Å². The Kier molecular flexibility index (Phi) is 3.22. The van der Waals surface area contributed by atoms with Crippen LogP contribution >= 0.6 is 0 Å².